The second-order valence-corrected chi connectivity index (χ2v) is 4.91. The van der Waals surface area contributed by atoms with Crippen molar-refractivity contribution >= 4 is 11.8 Å². The average Bonchev–Trinajstić information content (AvgIpc) is 2.71. The Morgan fingerprint density at radius 3 is 2.88 bits per heavy atom. The Balaban J connectivity index is 1.96. The van der Waals surface area contributed by atoms with Crippen LogP contribution in [0, 0.1) is 18.8 Å². The van der Waals surface area contributed by atoms with Crippen LogP contribution in [0.1, 0.15) is 31.9 Å². The van der Waals surface area contributed by atoms with E-state index in [-0.39, 0.29) is 0 Å². The van der Waals surface area contributed by atoms with E-state index in [2.05, 4.69) is 27.6 Å². The molecule has 1 aromatic rings. The summed E-state index contributed by atoms with van der Waals surface area (Å²) in [5, 5.41) is 3.39. The van der Waals surface area contributed by atoms with Crippen molar-refractivity contribution < 1.29 is 0 Å². The van der Waals surface area contributed by atoms with Gasteiger partial charge in [-0.1, -0.05) is 19.8 Å². The van der Waals surface area contributed by atoms with Crippen LogP contribution in [0.25, 0.3) is 0 Å². The number of nitrogen functional groups attached to an aromatic ring is 1. The third kappa shape index (κ3) is 3.06. The SMILES string of the molecule is Cc1cc(NCC2CCCC2C)nc(NN)n1. The lowest BCUT2D eigenvalue weighted by atomic mass is 9.98. The van der Waals surface area contributed by atoms with Crippen LogP contribution in [0.5, 0.6) is 0 Å². The molecular weight excluding hydrogens is 214 g/mol. The molecule has 0 spiro atoms. The predicted molar refractivity (Wildman–Crippen MR) is 69.6 cm³/mol. The zero-order chi connectivity index (χ0) is 12.3. The molecule has 2 rings (SSSR count). The smallest absolute Gasteiger partial charge is 0.239 e. The highest BCUT2D eigenvalue weighted by Gasteiger charge is 2.22. The highest BCUT2D eigenvalue weighted by Crippen LogP contribution is 2.31. The molecule has 94 valence electrons. The molecule has 0 saturated heterocycles. The Bertz CT molecular complexity index is 379. The Kier molecular flexibility index (Phi) is 3.78. The fourth-order valence-corrected chi connectivity index (χ4v) is 2.48. The number of hydrazine groups is 1. The highest BCUT2D eigenvalue weighted by molar-refractivity contribution is 5.41. The zero-order valence-corrected chi connectivity index (χ0v) is 10.5. The first kappa shape index (κ1) is 12.1. The molecule has 0 amide bonds. The van der Waals surface area contributed by atoms with Crippen molar-refractivity contribution in [3.63, 3.8) is 0 Å². The molecule has 2 atom stereocenters. The maximum Gasteiger partial charge on any atom is 0.239 e. The topological polar surface area (TPSA) is 75.9 Å². The first-order valence-electron chi connectivity index (χ1n) is 6.25. The zero-order valence-electron chi connectivity index (χ0n) is 10.5. The van der Waals surface area contributed by atoms with Crippen molar-refractivity contribution in [1.82, 2.24) is 9.97 Å². The molecule has 5 nitrogen and oxygen atoms in total. The highest BCUT2D eigenvalue weighted by atomic mass is 15.3. The molecule has 0 bridgehead atoms. The number of anilines is 2. The molecule has 0 radical (unpaired) electrons. The van der Waals surface area contributed by atoms with Crippen molar-refractivity contribution in [2.75, 3.05) is 17.3 Å². The Hall–Kier alpha value is -1.36. The molecule has 1 saturated carbocycles. The van der Waals surface area contributed by atoms with E-state index < -0.39 is 0 Å². The second-order valence-electron chi connectivity index (χ2n) is 4.91. The molecular formula is C12H21N5. The van der Waals surface area contributed by atoms with E-state index >= 15 is 0 Å². The fraction of sp³-hybridized carbons (Fsp3) is 0.667. The first-order chi connectivity index (χ1) is 8.19. The number of rotatable bonds is 4. The van der Waals surface area contributed by atoms with Gasteiger partial charge in [0.1, 0.15) is 5.82 Å². The van der Waals surface area contributed by atoms with Crippen molar-refractivity contribution in [1.29, 1.82) is 0 Å². The molecule has 2 unspecified atom stereocenters. The number of aromatic nitrogens is 2. The summed E-state index contributed by atoms with van der Waals surface area (Å²) in [7, 11) is 0. The minimum absolute atomic E-state index is 0.465. The third-order valence-corrected chi connectivity index (χ3v) is 3.57. The summed E-state index contributed by atoms with van der Waals surface area (Å²) in [6.45, 7) is 5.25. The van der Waals surface area contributed by atoms with Crippen LogP contribution < -0.4 is 16.6 Å². The van der Waals surface area contributed by atoms with Gasteiger partial charge in [-0.25, -0.2) is 10.8 Å². The van der Waals surface area contributed by atoms with Gasteiger partial charge in [0.25, 0.3) is 0 Å². The van der Waals surface area contributed by atoms with Crippen LogP contribution in [0.4, 0.5) is 11.8 Å². The maximum atomic E-state index is 5.33. The predicted octanol–water partition coefficient (Wildman–Crippen LogP) is 1.92. The summed E-state index contributed by atoms with van der Waals surface area (Å²) in [5.41, 5.74) is 3.39. The van der Waals surface area contributed by atoms with Crippen LogP contribution in [-0.2, 0) is 0 Å². The monoisotopic (exact) mass is 235 g/mol. The van der Waals surface area contributed by atoms with E-state index in [0.29, 0.717) is 5.95 Å². The Morgan fingerprint density at radius 2 is 2.24 bits per heavy atom. The van der Waals surface area contributed by atoms with Crippen LogP contribution in [0.2, 0.25) is 0 Å². The average molecular weight is 235 g/mol. The summed E-state index contributed by atoms with van der Waals surface area (Å²) in [4.78, 5) is 8.44. The summed E-state index contributed by atoms with van der Waals surface area (Å²) in [5.74, 6) is 8.22. The molecule has 1 heterocycles. The first-order valence-corrected chi connectivity index (χ1v) is 6.25. The largest absolute Gasteiger partial charge is 0.370 e. The summed E-state index contributed by atoms with van der Waals surface area (Å²) >= 11 is 0. The molecule has 1 aliphatic carbocycles. The van der Waals surface area contributed by atoms with Crippen molar-refractivity contribution in [3.8, 4) is 0 Å². The van der Waals surface area contributed by atoms with E-state index in [9.17, 15) is 0 Å². The van der Waals surface area contributed by atoms with Crippen molar-refractivity contribution in [2.24, 2.45) is 17.7 Å². The minimum Gasteiger partial charge on any atom is -0.370 e. The molecule has 17 heavy (non-hydrogen) atoms. The van der Waals surface area contributed by atoms with Gasteiger partial charge in [-0.05, 0) is 25.2 Å². The van der Waals surface area contributed by atoms with Gasteiger partial charge in [0, 0.05) is 18.3 Å². The van der Waals surface area contributed by atoms with Gasteiger partial charge >= 0.3 is 0 Å². The number of nitrogens with one attached hydrogen (secondary N) is 2. The fourth-order valence-electron chi connectivity index (χ4n) is 2.48. The normalized spacial score (nSPS) is 23.7. The van der Waals surface area contributed by atoms with Crippen LogP contribution >= 0.6 is 0 Å². The van der Waals surface area contributed by atoms with E-state index in [1.807, 2.05) is 13.0 Å². The van der Waals surface area contributed by atoms with E-state index in [1.54, 1.807) is 0 Å². The lowest BCUT2D eigenvalue weighted by molar-refractivity contribution is 0.439. The number of hydrogen-bond acceptors (Lipinski definition) is 5. The van der Waals surface area contributed by atoms with Gasteiger partial charge < -0.3 is 5.32 Å². The van der Waals surface area contributed by atoms with E-state index in [1.165, 1.54) is 19.3 Å². The molecule has 1 aliphatic rings. The molecule has 0 aromatic carbocycles. The van der Waals surface area contributed by atoms with E-state index in [4.69, 9.17) is 5.84 Å². The molecule has 0 aliphatic heterocycles. The summed E-state index contributed by atoms with van der Waals surface area (Å²) < 4.78 is 0. The second kappa shape index (κ2) is 5.31. The van der Waals surface area contributed by atoms with E-state index in [0.717, 1.165) is 29.9 Å². The van der Waals surface area contributed by atoms with Crippen LogP contribution in [-0.4, -0.2) is 16.5 Å². The van der Waals surface area contributed by atoms with Gasteiger partial charge in [-0.15, -0.1) is 0 Å². The maximum absolute atomic E-state index is 5.33. The van der Waals surface area contributed by atoms with Crippen LogP contribution in [0.15, 0.2) is 6.07 Å². The summed E-state index contributed by atoms with van der Waals surface area (Å²) in [6, 6.07) is 1.94. The lowest BCUT2D eigenvalue weighted by Gasteiger charge is -2.16. The van der Waals surface area contributed by atoms with Gasteiger partial charge in [0.2, 0.25) is 5.95 Å². The quantitative estimate of drug-likeness (QED) is 0.549. The van der Waals surface area contributed by atoms with Crippen molar-refractivity contribution in [2.45, 2.75) is 33.1 Å². The van der Waals surface area contributed by atoms with Crippen LogP contribution in [0.3, 0.4) is 0 Å². The van der Waals surface area contributed by atoms with Gasteiger partial charge in [-0.2, -0.15) is 4.98 Å². The number of hydrogen-bond donors (Lipinski definition) is 3. The third-order valence-electron chi connectivity index (χ3n) is 3.57. The number of nitrogens with zero attached hydrogens (tertiary/aromatic N) is 2. The Morgan fingerprint density at radius 1 is 1.41 bits per heavy atom. The van der Waals surface area contributed by atoms with Gasteiger partial charge in [0.15, 0.2) is 0 Å². The number of nitrogens with two attached hydrogens (primary N) is 1. The number of aryl methyl sites for hydroxylation is 1. The standard InChI is InChI=1S/C12H21N5/c1-8-4-3-5-10(8)7-14-11-6-9(2)15-12(16-11)17-13/h6,8,10H,3-5,7,13H2,1-2H3,(H2,14,15,16,17). The minimum atomic E-state index is 0.465. The summed E-state index contributed by atoms with van der Waals surface area (Å²) in [6.07, 6.45) is 4.02. The van der Waals surface area contributed by atoms with Gasteiger partial charge in [-0.3, -0.25) is 5.43 Å². The van der Waals surface area contributed by atoms with Gasteiger partial charge in [0.05, 0.1) is 0 Å². The molecule has 1 aromatic heterocycles. The molecule has 5 heteroatoms. The molecule has 1 fully saturated rings. The Labute approximate surface area is 102 Å². The van der Waals surface area contributed by atoms with Crippen molar-refractivity contribution in [3.05, 3.63) is 11.8 Å². The molecule has 4 N–H and O–H groups in total. The lowest BCUT2D eigenvalue weighted by Crippen LogP contribution is -2.18.